The molecule has 0 aliphatic heterocycles. The van der Waals surface area contributed by atoms with Crippen LogP contribution in [0.1, 0.15) is 11.1 Å². The fraction of sp³-hybridized carbons (Fsp3) is 0.111. The van der Waals surface area contributed by atoms with Gasteiger partial charge in [-0.25, -0.2) is 0 Å². The van der Waals surface area contributed by atoms with Crippen molar-refractivity contribution in [3.8, 4) is 6.07 Å². The van der Waals surface area contributed by atoms with Gasteiger partial charge in [-0.2, -0.15) is 5.26 Å². The van der Waals surface area contributed by atoms with Gasteiger partial charge in [0.1, 0.15) is 11.6 Å². The summed E-state index contributed by atoms with van der Waals surface area (Å²) >= 11 is 11.7. The maximum Gasteiger partial charge on any atom is 0.267 e. The molecule has 0 atom stereocenters. The number of benzene rings is 2. The van der Waals surface area contributed by atoms with Gasteiger partial charge in [0.15, 0.2) is 0 Å². The molecule has 2 rings (SSSR count). The van der Waals surface area contributed by atoms with E-state index in [-0.39, 0.29) is 5.57 Å². The number of nitriles is 1. The van der Waals surface area contributed by atoms with E-state index in [1.54, 1.807) is 12.1 Å². The molecule has 0 aromatic heterocycles. The fourth-order valence-electron chi connectivity index (χ4n) is 2.11. The molecule has 2 aromatic rings. The Bertz CT molecular complexity index is 834. The lowest BCUT2D eigenvalue weighted by atomic mass is 10.1. The molecule has 0 spiro atoms. The smallest absolute Gasteiger partial charge is 0.267 e. The van der Waals surface area contributed by atoms with E-state index >= 15 is 0 Å². The van der Waals surface area contributed by atoms with Gasteiger partial charge in [0.2, 0.25) is 0 Å². The highest BCUT2D eigenvalue weighted by Gasteiger charge is 2.11. The third-order valence-corrected chi connectivity index (χ3v) is 4.12. The van der Waals surface area contributed by atoms with Crippen LogP contribution in [0.2, 0.25) is 10.0 Å². The van der Waals surface area contributed by atoms with Gasteiger partial charge in [0.05, 0.1) is 10.0 Å². The normalized spacial score (nSPS) is 10.9. The lowest BCUT2D eigenvalue weighted by molar-refractivity contribution is -0.112. The van der Waals surface area contributed by atoms with E-state index in [0.29, 0.717) is 15.7 Å². The van der Waals surface area contributed by atoms with Crippen LogP contribution in [0.15, 0.2) is 48.2 Å². The largest absolute Gasteiger partial charge is 0.360 e. The number of amides is 1. The minimum atomic E-state index is -0.533. The maximum absolute atomic E-state index is 12.2. The molecular formula is C18H15Cl2N3O. The summed E-state index contributed by atoms with van der Waals surface area (Å²) in [5, 5.41) is 15.6. The molecule has 2 N–H and O–H groups in total. The van der Waals surface area contributed by atoms with Crippen molar-refractivity contribution in [3.05, 3.63) is 69.3 Å². The summed E-state index contributed by atoms with van der Waals surface area (Å²) < 4.78 is 0. The van der Waals surface area contributed by atoms with Gasteiger partial charge in [-0.05, 0) is 43.2 Å². The lowest BCUT2D eigenvalue weighted by Gasteiger charge is -2.10. The van der Waals surface area contributed by atoms with Crippen molar-refractivity contribution in [2.24, 2.45) is 0 Å². The third-order valence-electron chi connectivity index (χ3n) is 3.38. The van der Waals surface area contributed by atoms with Crippen LogP contribution in [0.25, 0.3) is 0 Å². The zero-order valence-electron chi connectivity index (χ0n) is 13.2. The van der Waals surface area contributed by atoms with Crippen molar-refractivity contribution in [2.75, 3.05) is 10.6 Å². The SMILES string of the molecule is Cc1cccc(C)c1N/C=C(/C#N)C(=O)Nc1ccc(Cl)c(Cl)c1. The van der Waals surface area contributed by atoms with Gasteiger partial charge in [-0.1, -0.05) is 41.4 Å². The predicted molar refractivity (Wildman–Crippen MR) is 98.3 cm³/mol. The molecule has 0 saturated heterocycles. The summed E-state index contributed by atoms with van der Waals surface area (Å²) in [4.78, 5) is 12.2. The molecule has 0 radical (unpaired) electrons. The summed E-state index contributed by atoms with van der Waals surface area (Å²) in [6.07, 6.45) is 1.39. The monoisotopic (exact) mass is 359 g/mol. The molecule has 2 aromatic carbocycles. The van der Waals surface area contributed by atoms with Crippen LogP contribution in [-0.2, 0) is 4.79 Å². The number of aryl methyl sites for hydroxylation is 2. The zero-order chi connectivity index (χ0) is 17.7. The summed E-state index contributed by atoms with van der Waals surface area (Å²) in [5.74, 6) is -0.533. The Kier molecular flexibility index (Phi) is 5.86. The molecular weight excluding hydrogens is 345 g/mol. The van der Waals surface area contributed by atoms with Gasteiger partial charge in [-0.3, -0.25) is 4.79 Å². The first kappa shape index (κ1) is 17.9. The second-order valence-corrected chi connectivity index (χ2v) is 5.98. The summed E-state index contributed by atoms with van der Waals surface area (Å²) in [6.45, 7) is 3.90. The Morgan fingerprint density at radius 3 is 2.38 bits per heavy atom. The van der Waals surface area contributed by atoms with Crippen LogP contribution in [0.4, 0.5) is 11.4 Å². The molecule has 0 bridgehead atoms. The molecule has 0 unspecified atom stereocenters. The van der Waals surface area contributed by atoms with Gasteiger partial charge in [0, 0.05) is 17.6 Å². The Morgan fingerprint density at radius 2 is 1.79 bits per heavy atom. The van der Waals surface area contributed by atoms with Crippen molar-refractivity contribution in [2.45, 2.75) is 13.8 Å². The molecule has 0 fully saturated rings. The fourth-order valence-corrected chi connectivity index (χ4v) is 2.41. The first-order valence-electron chi connectivity index (χ1n) is 7.12. The van der Waals surface area contributed by atoms with Crippen molar-refractivity contribution >= 4 is 40.5 Å². The van der Waals surface area contributed by atoms with Gasteiger partial charge >= 0.3 is 0 Å². The van der Waals surface area contributed by atoms with Crippen LogP contribution in [0.5, 0.6) is 0 Å². The average molecular weight is 360 g/mol. The van der Waals surface area contributed by atoms with Gasteiger partial charge < -0.3 is 10.6 Å². The third kappa shape index (κ3) is 4.29. The molecule has 0 heterocycles. The molecule has 1 amide bonds. The number of halogens is 2. The first-order chi connectivity index (χ1) is 11.4. The standard InChI is InChI=1S/C18H15Cl2N3O/c1-11-4-3-5-12(2)17(11)22-10-13(9-21)18(24)23-14-6-7-15(19)16(20)8-14/h3-8,10,22H,1-2H3,(H,23,24)/b13-10-. The first-order valence-corrected chi connectivity index (χ1v) is 7.87. The van der Waals surface area contributed by atoms with Crippen molar-refractivity contribution in [1.29, 1.82) is 5.26 Å². The van der Waals surface area contributed by atoms with Crippen LogP contribution in [0, 0.1) is 25.2 Å². The van der Waals surface area contributed by atoms with Crippen molar-refractivity contribution < 1.29 is 4.79 Å². The number of carbonyl (C=O) groups is 1. The maximum atomic E-state index is 12.2. The molecule has 122 valence electrons. The number of nitrogens with one attached hydrogen (secondary N) is 2. The van der Waals surface area contributed by atoms with Crippen molar-refractivity contribution in [1.82, 2.24) is 0 Å². The summed E-state index contributed by atoms with van der Waals surface area (Å²) in [5.41, 5.74) is 3.32. The lowest BCUT2D eigenvalue weighted by Crippen LogP contribution is -2.14. The topological polar surface area (TPSA) is 64.9 Å². The highest BCUT2D eigenvalue weighted by molar-refractivity contribution is 6.42. The highest BCUT2D eigenvalue weighted by atomic mass is 35.5. The Hall–Kier alpha value is -2.48. The van der Waals surface area contributed by atoms with E-state index < -0.39 is 5.91 Å². The number of anilines is 2. The van der Waals surface area contributed by atoms with Gasteiger partial charge in [-0.15, -0.1) is 0 Å². The number of para-hydroxylation sites is 1. The van der Waals surface area contributed by atoms with E-state index in [1.807, 2.05) is 38.1 Å². The van der Waals surface area contributed by atoms with Crippen LogP contribution >= 0.6 is 23.2 Å². The number of carbonyl (C=O) groups excluding carboxylic acids is 1. The summed E-state index contributed by atoms with van der Waals surface area (Å²) in [7, 11) is 0. The Balaban J connectivity index is 2.16. The summed E-state index contributed by atoms with van der Waals surface area (Å²) in [6, 6.07) is 12.4. The number of nitrogens with zero attached hydrogens (tertiary/aromatic N) is 1. The molecule has 4 nitrogen and oxygen atoms in total. The molecule has 0 saturated carbocycles. The average Bonchev–Trinajstić information content (AvgIpc) is 2.54. The van der Waals surface area contributed by atoms with Crippen LogP contribution in [-0.4, -0.2) is 5.91 Å². The van der Waals surface area contributed by atoms with E-state index in [1.165, 1.54) is 12.3 Å². The highest BCUT2D eigenvalue weighted by Crippen LogP contribution is 2.25. The Labute approximate surface area is 150 Å². The van der Waals surface area contributed by atoms with E-state index in [2.05, 4.69) is 10.6 Å². The van der Waals surface area contributed by atoms with E-state index in [4.69, 9.17) is 23.2 Å². The van der Waals surface area contributed by atoms with Crippen LogP contribution in [0.3, 0.4) is 0 Å². The molecule has 0 aliphatic rings. The predicted octanol–water partition coefficient (Wildman–Crippen LogP) is 5.07. The van der Waals surface area contributed by atoms with Crippen molar-refractivity contribution in [3.63, 3.8) is 0 Å². The van der Waals surface area contributed by atoms with Gasteiger partial charge in [0.25, 0.3) is 5.91 Å². The minimum Gasteiger partial charge on any atom is -0.360 e. The number of hydrogen-bond donors (Lipinski definition) is 2. The molecule has 0 aliphatic carbocycles. The molecule has 24 heavy (non-hydrogen) atoms. The Morgan fingerprint density at radius 1 is 1.12 bits per heavy atom. The second-order valence-electron chi connectivity index (χ2n) is 5.16. The van der Waals surface area contributed by atoms with Crippen LogP contribution < -0.4 is 10.6 Å². The van der Waals surface area contributed by atoms with E-state index in [9.17, 15) is 10.1 Å². The number of rotatable bonds is 4. The quantitative estimate of drug-likeness (QED) is 0.591. The minimum absolute atomic E-state index is 0.0521. The second kappa shape index (κ2) is 7.87. The number of hydrogen-bond acceptors (Lipinski definition) is 3. The van der Waals surface area contributed by atoms with E-state index in [0.717, 1.165) is 16.8 Å². The zero-order valence-corrected chi connectivity index (χ0v) is 14.7. The molecule has 6 heteroatoms.